The van der Waals surface area contributed by atoms with Gasteiger partial charge < -0.3 is 24.5 Å². The molecule has 25 heavy (non-hydrogen) atoms. The van der Waals surface area contributed by atoms with E-state index in [-0.39, 0.29) is 5.69 Å². The van der Waals surface area contributed by atoms with E-state index >= 15 is 0 Å². The lowest BCUT2D eigenvalue weighted by Crippen LogP contribution is -2.47. The van der Waals surface area contributed by atoms with Crippen LogP contribution in [0.2, 0.25) is 0 Å². The standard InChI is InChI=1S/C17H20N6O2/c1-11-10-14(25-2)20-16(18-11)23-8-6-22(7-9-23)13-5-3-4-12-15(13)21-17(24)19-12/h3-5,10H,6-9H2,1-2H3,(H2,19,21,24). The monoisotopic (exact) mass is 340 g/mol. The van der Waals surface area contributed by atoms with Crippen molar-refractivity contribution in [2.45, 2.75) is 6.92 Å². The van der Waals surface area contributed by atoms with Crippen molar-refractivity contribution in [3.05, 3.63) is 40.4 Å². The van der Waals surface area contributed by atoms with Crippen molar-refractivity contribution < 1.29 is 4.74 Å². The number of ether oxygens (including phenoxy) is 1. The second-order valence-corrected chi connectivity index (χ2v) is 6.10. The molecule has 130 valence electrons. The second kappa shape index (κ2) is 6.12. The highest BCUT2D eigenvalue weighted by atomic mass is 16.5. The highest BCUT2D eigenvalue weighted by molar-refractivity contribution is 5.88. The number of benzene rings is 1. The number of aromatic nitrogens is 4. The number of aryl methyl sites for hydroxylation is 1. The van der Waals surface area contributed by atoms with E-state index in [0.717, 1.165) is 48.6 Å². The van der Waals surface area contributed by atoms with Gasteiger partial charge in [-0.25, -0.2) is 9.78 Å². The number of hydrogen-bond donors (Lipinski definition) is 2. The van der Waals surface area contributed by atoms with Crippen molar-refractivity contribution in [2.24, 2.45) is 0 Å². The zero-order valence-corrected chi connectivity index (χ0v) is 14.2. The minimum Gasteiger partial charge on any atom is -0.481 e. The van der Waals surface area contributed by atoms with Crippen LogP contribution in [-0.4, -0.2) is 53.2 Å². The topological polar surface area (TPSA) is 90.1 Å². The average molecular weight is 340 g/mol. The van der Waals surface area contributed by atoms with Gasteiger partial charge in [-0.1, -0.05) is 6.07 Å². The summed E-state index contributed by atoms with van der Waals surface area (Å²) in [4.78, 5) is 30.7. The number of fused-ring (bicyclic) bond motifs is 1. The Labute approximate surface area is 144 Å². The van der Waals surface area contributed by atoms with E-state index in [4.69, 9.17) is 4.74 Å². The van der Waals surface area contributed by atoms with Crippen molar-refractivity contribution in [3.63, 3.8) is 0 Å². The van der Waals surface area contributed by atoms with Gasteiger partial charge in [-0.05, 0) is 19.1 Å². The Bertz CT molecular complexity index is 955. The smallest absolute Gasteiger partial charge is 0.323 e. The molecule has 1 saturated heterocycles. The summed E-state index contributed by atoms with van der Waals surface area (Å²) in [5.74, 6) is 1.28. The molecular formula is C17H20N6O2. The van der Waals surface area contributed by atoms with Crippen LogP contribution in [0.15, 0.2) is 29.1 Å². The molecule has 2 N–H and O–H groups in total. The third-order valence-electron chi connectivity index (χ3n) is 4.46. The molecule has 0 amide bonds. The molecule has 8 heteroatoms. The number of H-pyrrole nitrogens is 2. The van der Waals surface area contributed by atoms with Crippen molar-refractivity contribution in [3.8, 4) is 5.88 Å². The van der Waals surface area contributed by atoms with E-state index in [2.05, 4.69) is 29.7 Å². The number of methoxy groups -OCH3 is 1. The van der Waals surface area contributed by atoms with Crippen LogP contribution in [0.1, 0.15) is 5.69 Å². The maximum atomic E-state index is 11.6. The highest BCUT2D eigenvalue weighted by Crippen LogP contribution is 2.25. The minimum atomic E-state index is -0.179. The van der Waals surface area contributed by atoms with Crippen LogP contribution in [0.4, 0.5) is 11.6 Å². The molecule has 3 aromatic rings. The number of nitrogens with zero attached hydrogens (tertiary/aromatic N) is 4. The Balaban J connectivity index is 1.55. The fourth-order valence-electron chi connectivity index (χ4n) is 3.22. The number of piperazine rings is 1. The normalized spacial score (nSPS) is 15.0. The molecule has 8 nitrogen and oxygen atoms in total. The zero-order chi connectivity index (χ0) is 17.4. The molecule has 0 saturated carbocycles. The SMILES string of the molecule is COc1cc(C)nc(N2CCN(c3cccc4[nH]c(=O)[nH]c34)CC2)n1. The van der Waals surface area contributed by atoms with Gasteiger partial charge in [0.1, 0.15) is 0 Å². The summed E-state index contributed by atoms with van der Waals surface area (Å²) in [5.41, 5.74) is 3.43. The van der Waals surface area contributed by atoms with Gasteiger partial charge >= 0.3 is 5.69 Å². The van der Waals surface area contributed by atoms with E-state index in [1.165, 1.54) is 0 Å². The van der Waals surface area contributed by atoms with Crippen molar-refractivity contribution in [1.29, 1.82) is 0 Å². The highest BCUT2D eigenvalue weighted by Gasteiger charge is 2.21. The molecule has 1 fully saturated rings. The van der Waals surface area contributed by atoms with Crippen LogP contribution < -0.4 is 20.2 Å². The van der Waals surface area contributed by atoms with Crippen LogP contribution in [-0.2, 0) is 0 Å². The molecule has 0 spiro atoms. The number of anilines is 2. The molecule has 1 aliphatic heterocycles. The molecule has 1 aromatic carbocycles. The molecule has 0 unspecified atom stereocenters. The number of nitrogens with one attached hydrogen (secondary N) is 2. The third kappa shape index (κ3) is 2.90. The quantitative estimate of drug-likeness (QED) is 0.747. The second-order valence-electron chi connectivity index (χ2n) is 6.10. The van der Waals surface area contributed by atoms with E-state index < -0.39 is 0 Å². The van der Waals surface area contributed by atoms with Crippen LogP contribution >= 0.6 is 0 Å². The first-order valence-electron chi connectivity index (χ1n) is 8.24. The Morgan fingerprint density at radius 1 is 1.08 bits per heavy atom. The summed E-state index contributed by atoms with van der Waals surface area (Å²) >= 11 is 0. The van der Waals surface area contributed by atoms with Gasteiger partial charge in [0.25, 0.3) is 0 Å². The van der Waals surface area contributed by atoms with Crippen LogP contribution in [0.25, 0.3) is 11.0 Å². The largest absolute Gasteiger partial charge is 0.481 e. The number of imidazole rings is 1. The van der Waals surface area contributed by atoms with E-state index in [0.29, 0.717) is 11.8 Å². The third-order valence-corrected chi connectivity index (χ3v) is 4.46. The van der Waals surface area contributed by atoms with Gasteiger partial charge in [-0.15, -0.1) is 0 Å². The molecular weight excluding hydrogens is 320 g/mol. The number of hydrogen-bond acceptors (Lipinski definition) is 6. The number of para-hydroxylation sites is 1. The molecule has 0 atom stereocenters. The lowest BCUT2D eigenvalue weighted by molar-refractivity contribution is 0.396. The van der Waals surface area contributed by atoms with Crippen LogP contribution in [0, 0.1) is 6.92 Å². The van der Waals surface area contributed by atoms with Gasteiger partial charge in [-0.3, -0.25) is 0 Å². The molecule has 0 bridgehead atoms. The maximum Gasteiger partial charge on any atom is 0.323 e. The van der Waals surface area contributed by atoms with Gasteiger partial charge in [0.15, 0.2) is 0 Å². The summed E-state index contributed by atoms with van der Waals surface area (Å²) in [7, 11) is 1.61. The predicted molar refractivity (Wildman–Crippen MR) is 96.7 cm³/mol. The Hall–Kier alpha value is -3.03. The molecule has 3 heterocycles. The van der Waals surface area contributed by atoms with Crippen LogP contribution in [0.5, 0.6) is 5.88 Å². The molecule has 0 aliphatic carbocycles. The van der Waals surface area contributed by atoms with Crippen LogP contribution in [0.3, 0.4) is 0 Å². The summed E-state index contributed by atoms with van der Waals surface area (Å²) in [6.07, 6.45) is 0. The van der Waals surface area contributed by atoms with Gasteiger partial charge in [0.2, 0.25) is 11.8 Å². The van der Waals surface area contributed by atoms with E-state index in [9.17, 15) is 4.79 Å². The maximum absolute atomic E-state index is 11.6. The van der Waals surface area contributed by atoms with Crippen molar-refractivity contribution in [2.75, 3.05) is 43.1 Å². The number of aromatic amines is 2. The summed E-state index contributed by atoms with van der Waals surface area (Å²) in [5, 5.41) is 0. The molecule has 2 aromatic heterocycles. The summed E-state index contributed by atoms with van der Waals surface area (Å²) < 4.78 is 5.24. The Morgan fingerprint density at radius 3 is 2.60 bits per heavy atom. The first kappa shape index (κ1) is 15.5. The molecule has 1 aliphatic rings. The van der Waals surface area contributed by atoms with Crippen molar-refractivity contribution >= 4 is 22.7 Å². The van der Waals surface area contributed by atoms with Gasteiger partial charge in [-0.2, -0.15) is 4.98 Å². The van der Waals surface area contributed by atoms with E-state index in [1.54, 1.807) is 7.11 Å². The van der Waals surface area contributed by atoms with Crippen molar-refractivity contribution in [1.82, 2.24) is 19.9 Å². The lowest BCUT2D eigenvalue weighted by atomic mass is 10.2. The molecule has 0 radical (unpaired) electrons. The Kier molecular flexibility index (Phi) is 3.79. The number of rotatable bonds is 3. The minimum absolute atomic E-state index is 0.179. The summed E-state index contributed by atoms with van der Waals surface area (Å²) in [6, 6.07) is 7.72. The fraction of sp³-hybridized carbons (Fsp3) is 0.353. The van der Waals surface area contributed by atoms with Gasteiger partial charge in [0.05, 0.1) is 23.8 Å². The van der Waals surface area contributed by atoms with Gasteiger partial charge in [0, 0.05) is 37.9 Å². The zero-order valence-electron chi connectivity index (χ0n) is 14.2. The lowest BCUT2D eigenvalue weighted by Gasteiger charge is -2.36. The predicted octanol–water partition coefficient (Wildman–Crippen LogP) is 1.29. The molecule has 4 rings (SSSR count). The fourth-order valence-corrected chi connectivity index (χ4v) is 3.22. The average Bonchev–Trinajstić information content (AvgIpc) is 3.01. The first-order chi connectivity index (χ1) is 12.1. The Morgan fingerprint density at radius 2 is 1.84 bits per heavy atom. The first-order valence-corrected chi connectivity index (χ1v) is 8.24. The van der Waals surface area contributed by atoms with E-state index in [1.807, 2.05) is 31.2 Å². The summed E-state index contributed by atoms with van der Waals surface area (Å²) in [6.45, 7) is 5.19.